The predicted octanol–water partition coefficient (Wildman–Crippen LogP) is 3.85. The Morgan fingerprint density at radius 2 is 1.30 bits per heavy atom. The first kappa shape index (κ1) is 19.4. The topological polar surface area (TPSA) is 101 Å². The van der Waals surface area contributed by atoms with Crippen molar-refractivity contribution < 1.29 is 27.7 Å². The minimum Gasteiger partial charge on any atom is -0.508 e. The number of hydrogen-bond acceptors (Lipinski definition) is 6. The van der Waals surface area contributed by atoms with E-state index in [4.69, 9.17) is 21.5 Å². The molecule has 1 unspecified atom stereocenters. The molecule has 1 atom stereocenters. The zero-order chi connectivity index (χ0) is 17.5. The molecule has 0 spiro atoms. The first-order chi connectivity index (χ1) is 10.8. The summed E-state index contributed by atoms with van der Waals surface area (Å²) in [6, 6.07) is 10.6. The second-order valence-corrected chi connectivity index (χ2v) is 7.58. The van der Waals surface area contributed by atoms with Gasteiger partial charge in [0.1, 0.15) is 18.1 Å². The highest BCUT2D eigenvalue weighted by Crippen LogP contribution is 2.26. The van der Waals surface area contributed by atoms with Crippen molar-refractivity contribution in [3.63, 3.8) is 0 Å². The standard InChI is InChI=1S/C12H10O4S.C2H5ClO2P/c13-9-1-5-11(6-2-9)17(15,16)12-7-3-10(14)4-8-12;1-2-5-6(3)4/h1-8,13-14H;2H2,1H3/q;+1. The van der Waals surface area contributed by atoms with Crippen LogP contribution in [0.15, 0.2) is 58.3 Å². The highest BCUT2D eigenvalue weighted by atomic mass is 35.7. The van der Waals surface area contributed by atoms with Gasteiger partial charge in [-0.1, -0.05) is 0 Å². The highest BCUT2D eigenvalue weighted by Gasteiger charge is 2.17. The molecule has 2 aromatic rings. The van der Waals surface area contributed by atoms with Gasteiger partial charge in [-0.15, -0.1) is 4.52 Å². The molecule has 2 aromatic carbocycles. The van der Waals surface area contributed by atoms with Crippen molar-refractivity contribution in [3.05, 3.63) is 48.5 Å². The third-order valence-corrected chi connectivity index (χ3v) is 5.06. The second-order valence-electron chi connectivity index (χ2n) is 4.12. The van der Waals surface area contributed by atoms with Crippen LogP contribution in [0.4, 0.5) is 0 Å². The van der Waals surface area contributed by atoms with E-state index in [0.717, 1.165) is 0 Å². The molecule has 23 heavy (non-hydrogen) atoms. The number of phenols is 2. The van der Waals surface area contributed by atoms with Gasteiger partial charge in [0, 0.05) is 0 Å². The van der Waals surface area contributed by atoms with Gasteiger partial charge in [0.15, 0.2) is 0 Å². The Morgan fingerprint density at radius 3 is 1.52 bits per heavy atom. The lowest BCUT2D eigenvalue weighted by Gasteiger charge is -2.04. The van der Waals surface area contributed by atoms with Crippen LogP contribution in [0.3, 0.4) is 0 Å². The summed E-state index contributed by atoms with van der Waals surface area (Å²) < 4.78 is 38.2. The van der Waals surface area contributed by atoms with E-state index in [1.165, 1.54) is 48.5 Å². The Balaban J connectivity index is 0.000000379. The number of rotatable bonds is 4. The molecule has 0 fully saturated rings. The maximum Gasteiger partial charge on any atom is 0.633 e. The number of halogens is 1. The number of aromatic hydroxyl groups is 2. The molecule has 0 aliphatic heterocycles. The molecule has 9 heteroatoms. The van der Waals surface area contributed by atoms with E-state index >= 15 is 0 Å². The maximum atomic E-state index is 12.1. The maximum absolute atomic E-state index is 12.1. The molecule has 0 aromatic heterocycles. The first-order valence-corrected chi connectivity index (χ1v) is 9.93. The second kappa shape index (κ2) is 8.84. The summed E-state index contributed by atoms with van der Waals surface area (Å²) in [5.41, 5.74) is 0. The fourth-order valence-electron chi connectivity index (χ4n) is 1.49. The average Bonchev–Trinajstić information content (AvgIpc) is 2.48. The van der Waals surface area contributed by atoms with Crippen LogP contribution in [0, 0.1) is 0 Å². The van der Waals surface area contributed by atoms with E-state index in [9.17, 15) is 13.0 Å². The normalized spacial score (nSPS) is 11.3. The summed E-state index contributed by atoms with van der Waals surface area (Å²) in [5, 5.41) is 18.2. The van der Waals surface area contributed by atoms with Gasteiger partial charge in [0.05, 0.1) is 9.79 Å². The summed E-state index contributed by atoms with van der Waals surface area (Å²) in [6.45, 7) is 2.15. The molecule has 124 valence electrons. The van der Waals surface area contributed by atoms with E-state index in [1.807, 2.05) is 0 Å². The SMILES string of the molecule is CCO[P+](=O)Cl.O=S(=O)(c1ccc(O)cc1)c1ccc(O)cc1. The van der Waals surface area contributed by atoms with Gasteiger partial charge in [-0.05, 0) is 60.0 Å². The van der Waals surface area contributed by atoms with Gasteiger partial charge in [-0.3, -0.25) is 0 Å². The Labute approximate surface area is 139 Å². The zero-order valence-electron chi connectivity index (χ0n) is 12.1. The Morgan fingerprint density at radius 1 is 0.957 bits per heavy atom. The molecular formula is C14H15ClO6PS+. The fourth-order valence-corrected chi connectivity index (χ4v) is 3.24. The van der Waals surface area contributed by atoms with E-state index in [0.29, 0.717) is 6.61 Å². The minimum atomic E-state index is -3.59. The lowest BCUT2D eigenvalue weighted by Crippen LogP contribution is -2.01. The molecule has 0 aliphatic carbocycles. The largest absolute Gasteiger partial charge is 0.633 e. The molecule has 0 bridgehead atoms. The summed E-state index contributed by atoms with van der Waals surface area (Å²) >= 11 is 4.86. The van der Waals surface area contributed by atoms with Gasteiger partial charge in [-0.2, -0.15) is 0 Å². The summed E-state index contributed by atoms with van der Waals surface area (Å²) in [5.74, 6) is 0.0179. The Kier molecular flexibility index (Phi) is 7.45. The van der Waals surface area contributed by atoms with Crippen molar-refractivity contribution in [1.82, 2.24) is 0 Å². The molecule has 0 saturated heterocycles. The monoisotopic (exact) mass is 377 g/mol. The lowest BCUT2D eigenvalue weighted by atomic mass is 10.3. The molecule has 2 N–H and O–H groups in total. The van der Waals surface area contributed by atoms with Crippen LogP contribution in [0.2, 0.25) is 0 Å². The van der Waals surface area contributed by atoms with Crippen molar-refractivity contribution in [2.24, 2.45) is 0 Å². The number of sulfone groups is 1. The van der Waals surface area contributed by atoms with Gasteiger partial charge >= 0.3 is 7.38 Å². The fraction of sp³-hybridized carbons (Fsp3) is 0.143. The average molecular weight is 378 g/mol. The zero-order valence-corrected chi connectivity index (χ0v) is 14.6. The Hall–Kier alpha value is -1.66. The minimum absolute atomic E-state index is 0.00894. The van der Waals surface area contributed by atoms with Crippen LogP contribution in [0.1, 0.15) is 6.92 Å². The van der Waals surface area contributed by atoms with Crippen LogP contribution in [0.25, 0.3) is 0 Å². The smallest absolute Gasteiger partial charge is 0.508 e. The predicted molar refractivity (Wildman–Crippen MR) is 86.8 cm³/mol. The van der Waals surface area contributed by atoms with Crippen LogP contribution in [-0.2, 0) is 18.9 Å². The molecule has 0 amide bonds. The highest BCUT2D eigenvalue weighted by molar-refractivity contribution is 7.91. The van der Waals surface area contributed by atoms with Crippen molar-refractivity contribution in [3.8, 4) is 11.5 Å². The number of phenolic OH excluding ortho intramolecular Hbond substituents is 2. The third-order valence-electron chi connectivity index (χ3n) is 2.52. The third kappa shape index (κ3) is 6.15. The van der Waals surface area contributed by atoms with Gasteiger partial charge in [0.2, 0.25) is 21.1 Å². The van der Waals surface area contributed by atoms with Crippen LogP contribution in [0.5, 0.6) is 11.5 Å². The Bertz CT molecular complexity index is 692. The van der Waals surface area contributed by atoms with Gasteiger partial charge < -0.3 is 10.2 Å². The van der Waals surface area contributed by atoms with Crippen LogP contribution in [-0.4, -0.2) is 25.2 Å². The summed E-state index contributed by atoms with van der Waals surface area (Å²) in [6.07, 6.45) is 0. The van der Waals surface area contributed by atoms with E-state index in [-0.39, 0.29) is 21.3 Å². The summed E-state index contributed by atoms with van der Waals surface area (Å²) in [7, 11) is -5.47. The van der Waals surface area contributed by atoms with Gasteiger partial charge in [0.25, 0.3) is 0 Å². The van der Waals surface area contributed by atoms with Crippen LogP contribution < -0.4 is 0 Å². The molecule has 2 rings (SSSR count). The molecule has 0 heterocycles. The van der Waals surface area contributed by atoms with E-state index in [1.54, 1.807) is 6.92 Å². The van der Waals surface area contributed by atoms with Crippen molar-refractivity contribution in [2.75, 3.05) is 6.61 Å². The van der Waals surface area contributed by atoms with Crippen LogP contribution >= 0.6 is 18.6 Å². The van der Waals surface area contributed by atoms with E-state index < -0.39 is 17.2 Å². The quantitative estimate of drug-likeness (QED) is 0.785. The van der Waals surface area contributed by atoms with Crippen molar-refractivity contribution in [2.45, 2.75) is 16.7 Å². The molecule has 0 aliphatic rings. The molecule has 0 radical (unpaired) electrons. The number of hydrogen-bond donors (Lipinski definition) is 2. The van der Waals surface area contributed by atoms with Crippen molar-refractivity contribution in [1.29, 1.82) is 0 Å². The van der Waals surface area contributed by atoms with Gasteiger partial charge in [-0.25, -0.2) is 8.42 Å². The molecule has 6 nitrogen and oxygen atoms in total. The lowest BCUT2D eigenvalue weighted by molar-refractivity contribution is 0.361. The molecular weight excluding hydrogens is 363 g/mol. The summed E-state index contributed by atoms with van der Waals surface area (Å²) in [4.78, 5) is 0.196. The van der Waals surface area contributed by atoms with Crippen molar-refractivity contribution >= 4 is 28.5 Å². The first-order valence-electron chi connectivity index (χ1n) is 6.36. The number of benzene rings is 2. The molecule has 0 saturated carbocycles. The van der Waals surface area contributed by atoms with E-state index in [2.05, 4.69) is 4.52 Å².